The third-order valence-electron chi connectivity index (χ3n) is 11.6. The molecule has 0 bridgehead atoms. The lowest BCUT2D eigenvalue weighted by Gasteiger charge is -2.34. The molecule has 0 atom stereocenters. The van der Waals surface area contributed by atoms with Crippen LogP contribution in [0.2, 0.25) is 0 Å². The number of hydrogen-bond acceptors (Lipinski definition) is 3. The van der Waals surface area contributed by atoms with E-state index in [1.54, 1.807) is 0 Å². The minimum atomic E-state index is 0.197. The molecule has 0 aromatic rings. The fourth-order valence-electron chi connectivity index (χ4n) is 7.53. The van der Waals surface area contributed by atoms with Gasteiger partial charge in [0.25, 0.3) is 0 Å². The summed E-state index contributed by atoms with van der Waals surface area (Å²) >= 11 is 0. The van der Waals surface area contributed by atoms with Gasteiger partial charge in [0, 0.05) is 30.7 Å². The van der Waals surface area contributed by atoms with E-state index < -0.39 is 0 Å². The largest absolute Gasteiger partial charge is 0.309 e. The molecule has 0 unspecified atom stereocenters. The summed E-state index contributed by atoms with van der Waals surface area (Å²) in [6.07, 6.45) is 57.4. The zero-order valence-electron chi connectivity index (χ0n) is 38.3. The fraction of sp³-hybridized carbons (Fsp3) is 0.843. The summed E-state index contributed by atoms with van der Waals surface area (Å²) in [7, 11) is 4.75. The van der Waals surface area contributed by atoms with Gasteiger partial charge in [-0.3, -0.25) is 0 Å². The SMILES string of the molecule is CCCCCC=CCC=CCCCCCCCCC(CCCCCCCCC=CCC=CCCCCC)N(C)CCN(C)CCC(C)(C)NC(CC)CC. The van der Waals surface area contributed by atoms with E-state index >= 15 is 0 Å². The molecular formula is C51H99N3. The number of nitrogens with one attached hydrogen (secondary N) is 1. The van der Waals surface area contributed by atoms with Crippen molar-refractivity contribution in [2.24, 2.45) is 0 Å². The van der Waals surface area contributed by atoms with E-state index in [0.29, 0.717) is 6.04 Å². The molecule has 3 heteroatoms. The van der Waals surface area contributed by atoms with E-state index in [2.05, 4.69) is 119 Å². The van der Waals surface area contributed by atoms with Crippen molar-refractivity contribution in [3.63, 3.8) is 0 Å². The minimum absolute atomic E-state index is 0.197. The maximum absolute atomic E-state index is 3.91. The van der Waals surface area contributed by atoms with Gasteiger partial charge in [-0.05, 0) is 131 Å². The van der Waals surface area contributed by atoms with Gasteiger partial charge in [-0.1, -0.05) is 166 Å². The second-order valence-electron chi connectivity index (χ2n) is 17.5. The fourth-order valence-corrected chi connectivity index (χ4v) is 7.53. The second-order valence-corrected chi connectivity index (χ2v) is 17.5. The van der Waals surface area contributed by atoms with Crippen LogP contribution in [0.4, 0.5) is 0 Å². The van der Waals surface area contributed by atoms with E-state index in [9.17, 15) is 0 Å². The Morgan fingerprint density at radius 2 is 0.852 bits per heavy atom. The van der Waals surface area contributed by atoms with Gasteiger partial charge in [-0.15, -0.1) is 0 Å². The van der Waals surface area contributed by atoms with Crippen molar-refractivity contribution in [3.05, 3.63) is 48.6 Å². The molecule has 0 saturated carbocycles. The van der Waals surface area contributed by atoms with Gasteiger partial charge in [0.05, 0.1) is 0 Å². The number of rotatable bonds is 41. The van der Waals surface area contributed by atoms with E-state index in [1.165, 1.54) is 186 Å². The van der Waals surface area contributed by atoms with Crippen molar-refractivity contribution < 1.29 is 0 Å². The normalized spacial score (nSPS) is 13.5. The van der Waals surface area contributed by atoms with Crippen molar-refractivity contribution in [1.82, 2.24) is 15.1 Å². The summed E-state index contributed by atoms with van der Waals surface area (Å²) in [6.45, 7) is 17.5. The predicted octanol–water partition coefficient (Wildman–Crippen LogP) is 15.6. The van der Waals surface area contributed by atoms with Crippen LogP contribution in [0.15, 0.2) is 48.6 Å². The standard InChI is InChI=1S/C51H99N3/c1-9-13-15-17-19-21-23-25-27-29-31-33-35-37-39-41-43-50(54(8)48-47-53(7)46-45-51(5,6)52-49(11-3)12-4)44-42-40-38-36-34-32-30-28-26-24-22-20-18-16-14-10-2/h19-22,25-28,49-50,52H,9-18,23-24,29-48H2,1-8H3. The summed E-state index contributed by atoms with van der Waals surface area (Å²) < 4.78 is 0. The van der Waals surface area contributed by atoms with Crippen LogP contribution >= 0.6 is 0 Å². The Balaban J connectivity index is 4.47. The van der Waals surface area contributed by atoms with Gasteiger partial charge in [0.2, 0.25) is 0 Å². The molecule has 0 saturated heterocycles. The van der Waals surface area contributed by atoms with Gasteiger partial charge < -0.3 is 15.1 Å². The van der Waals surface area contributed by atoms with Crippen molar-refractivity contribution in [2.45, 2.75) is 245 Å². The highest BCUT2D eigenvalue weighted by Gasteiger charge is 2.21. The number of allylic oxidation sites excluding steroid dienone is 8. The van der Waals surface area contributed by atoms with Gasteiger partial charge in [0.15, 0.2) is 0 Å². The second kappa shape index (κ2) is 40.1. The van der Waals surface area contributed by atoms with Crippen LogP contribution in [0.5, 0.6) is 0 Å². The summed E-state index contributed by atoms with van der Waals surface area (Å²) in [5.74, 6) is 0. The molecule has 1 N–H and O–H groups in total. The number of hydrogen-bond donors (Lipinski definition) is 1. The monoisotopic (exact) mass is 754 g/mol. The molecule has 318 valence electrons. The minimum Gasteiger partial charge on any atom is -0.309 e. The van der Waals surface area contributed by atoms with Crippen molar-refractivity contribution in [3.8, 4) is 0 Å². The van der Waals surface area contributed by atoms with Crippen molar-refractivity contribution in [2.75, 3.05) is 33.7 Å². The quantitative estimate of drug-likeness (QED) is 0.0495. The maximum Gasteiger partial charge on any atom is 0.0139 e. The lowest BCUT2D eigenvalue weighted by molar-refractivity contribution is 0.175. The lowest BCUT2D eigenvalue weighted by atomic mass is 9.97. The third kappa shape index (κ3) is 36.5. The van der Waals surface area contributed by atoms with Crippen LogP contribution in [0.1, 0.15) is 228 Å². The molecule has 0 fully saturated rings. The Bertz CT molecular complexity index is 818. The van der Waals surface area contributed by atoms with Gasteiger partial charge >= 0.3 is 0 Å². The van der Waals surface area contributed by atoms with Crippen LogP contribution < -0.4 is 5.32 Å². The molecule has 54 heavy (non-hydrogen) atoms. The predicted molar refractivity (Wildman–Crippen MR) is 248 cm³/mol. The molecule has 0 amide bonds. The molecule has 0 heterocycles. The van der Waals surface area contributed by atoms with E-state index in [4.69, 9.17) is 0 Å². The molecule has 0 aliphatic rings. The molecule has 3 nitrogen and oxygen atoms in total. The number of nitrogens with zero attached hydrogens (tertiary/aromatic N) is 2. The molecule has 0 radical (unpaired) electrons. The molecular weight excluding hydrogens is 655 g/mol. The van der Waals surface area contributed by atoms with E-state index in [-0.39, 0.29) is 5.54 Å². The number of unbranched alkanes of at least 4 members (excludes halogenated alkanes) is 18. The molecule has 0 rings (SSSR count). The Kier molecular flexibility index (Phi) is 39.2. The van der Waals surface area contributed by atoms with Crippen molar-refractivity contribution in [1.29, 1.82) is 0 Å². The van der Waals surface area contributed by atoms with Crippen LogP contribution in [-0.2, 0) is 0 Å². The summed E-state index contributed by atoms with van der Waals surface area (Å²) in [4.78, 5) is 5.30. The first-order valence-electron chi connectivity index (χ1n) is 24.1. The topological polar surface area (TPSA) is 18.5 Å². The lowest BCUT2D eigenvalue weighted by Crippen LogP contribution is -2.47. The van der Waals surface area contributed by atoms with Gasteiger partial charge in [-0.25, -0.2) is 0 Å². The Morgan fingerprint density at radius 3 is 1.26 bits per heavy atom. The molecule has 0 aliphatic carbocycles. The highest BCUT2D eigenvalue weighted by Crippen LogP contribution is 2.19. The molecule has 0 spiro atoms. The Hall–Kier alpha value is -1.16. The van der Waals surface area contributed by atoms with Crippen molar-refractivity contribution >= 4 is 0 Å². The smallest absolute Gasteiger partial charge is 0.0139 e. The van der Waals surface area contributed by atoms with Gasteiger partial charge in [0.1, 0.15) is 0 Å². The molecule has 0 aliphatic heterocycles. The first-order valence-corrected chi connectivity index (χ1v) is 24.1. The zero-order chi connectivity index (χ0) is 39.8. The first-order chi connectivity index (χ1) is 26.3. The van der Waals surface area contributed by atoms with Gasteiger partial charge in [-0.2, -0.15) is 0 Å². The highest BCUT2D eigenvalue weighted by atomic mass is 15.2. The number of likely N-dealkylation sites (N-methyl/N-ethyl adjacent to an activating group) is 2. The summed E-state index contributed by atoms with van der Waals surface area (Å²) in [5, 5.41) is 3.91. The molecule has 0 aromatic heterocycles. The average molecular weight is 754 g/mol. The summed E-state index contributed by atoms with van der Waals surface area (Å²) in [5.41, 5.74) is 0.197. The molecule has 0 aromatic carbocycles. The van der Waals surface area contributed by atoms with E-state index in [1.807, 2.05) is 0 Å². The Morgan fingerprint density at radius 1 is 0.463 bits per heavy atom. The van der Waals surface area contributed by atoms with Crippen LogP contribution in [0, 0.1) is 0 Å². The van der Waals surface area contributed by atoms with Crippen LogP contribution in [0.3, 0.4) is 0 Å². The first kappa shape index (κ1) is 52.8. The van der Waals surface area contributed by atoms with Crippen LogP contribution in [-0.4, -0.2) is 61.2 Å². The average Bonchev–Trinajstić information content (AvgIpc) is 3.17. The zero-order valence-corrected chi connectivity index (χ0v) is 38.3. The third-order valence-corrected chi connectivity index (χ3v) is 11.6. The van der Waals surface area contributed by atoms with Crippen LogP contribution in [0.25, 0.3) is 0 Å². The maximum atomic E-state index is 3.91. The highest BCUT2D eigenvalue weighted by molar-refractivity contribution is 4.93. The van der Waals surface area contributed by atoms with E-state index in [0.717, 1.165) is 25.4 Å². The summed E-state index contributed by atoms with van der Waals surface area (Å²) in [6, 6.07) is 1.37. The Labute approximate surface area is 341 Å².